The van der Waals surface area contributed by atoms with Crippen LogP contribution in [0.4, 0.5) is 0 Å². The van der Waals surface area contributed by atoms with E-state index < -0.39 is 0 Å². The summed E-state index contributed by atoms with van der Waals surface area (Å²) in [5, 5.41) is 0.498. The molecule has 0 atom stereocenters. The highest BCUT2D eigenvalue weighted by Crippen LogP contribution is 2.33. The van der Waals surface area contributed by atoms with E-state index in [0.29, 0.717) is 61.4 Å². The molecule has 0 saturated carbocycles. The quantitative estimate of drug-likeness (QED) is 0.442. The third-order valence-electron chi connectivity index (χ3n) is 5.64. The van der Waals surface area contributed by atoms with Crippen LogP contribution in [0.15, 0.2) is 52.1 Å². The fourth-order valence-corrected chi connectivity index (χ4v) is 4.69. The molecule has 2 aliphatic heterocycles. The molecule has 0 spiro atoms. The van der Waals surface area contributed by atoms with Crippen molar-refractivity contribution in [1.29, 1.82) is 0 Å². The number of amides is 1. The molecule has 2 aromatic carbocycles. The number of hydrogen-bond acceptors (Lipinski definition) is 7. The van der Waals surface area contributed by atoms with Crippen LogP contribution in [0.2, 0.25) is 0 Å². The Morgan fingerprint density at radius 1 is 1.03 bits per heavy atom. The maximum Gasteiger partial charge on any atom is 0.257 e. The van der Waals surface area contributed by atoms with Crippen molar-refractivity contribution < 1.29 is 23.5 Å². The monoisotopic (exact) mass is 438 g/mol. The number of ether oxygens (including phenoxy) is 2. The minimum atomic E-state index is -0.0868. The molecular weight excluding hydrogens is 416 g/mol. The lowest BCUT2D eigenvalue weighted by Gasteiger charge is -2.31. The highest BCUT2D eigenvalue weighted by molar-refractivity contribution is 7.99. The summed E-state index contributed by atoms with van der Waals surface area (Å²) in [7, 11) is 0. The van der Waals surface area contributed by atoms with Crippen LogP contribution in [-0.4, -0.2) is 53.6 Å². The van der Waals surface area contributed by atoms with Crippen LogP contribution in [-0.2, 0) is 4.79 Å². The van der Waals surface area contributed by atoms with E-state index >= 15 is 0 Å². The van der Waals surface area contributed by atoms with Crippen LogP contribution in [0.1, 0.15) is 23.2 Å². The van der Waals surface area contributed by atoms with Gasteiger partial charge >= 0.3 is 0 Å². The molecule has 0 bridgehead atoms. The van der Waals surface area contributed by atoms with Gasteiger partial charge in [0.25, 0.3) is 5.22 Å². The number of oxazole rings is 1. The topological polar surface area (TPSA) is 81.9 Å². The number of ketones is 1. The number of aromatic nitrogens is 1. The predicted octanol–water partition coefficient (Wildman–Crippen LogP) is 3.81. The molecule has 3 heterocycles. The van der Waals surface area contributed by atoms with Crippen LogP contribution in [0, 0.1) is 5.92 Å². The lowest BCUT2D eigenvalue weighted by atomic mass is 9.88. The summed E-state index contributed by atoms with van der Waals surface area (Å²) in [5.74, 6) is 1.63. The first-order chi connectivity index (χ1) is 15.2. The van der Waals surface area contributed by atoms with Crippen LogP contribution >= 0.6 is 11.8 Å². The van der Waals surface area contributed by atoms with Crippen molar-refractivity contribution in [2.75, 3.05) is 32.1 Å². The van der Waals surface area contributed by atoms with E-state index in [1.807, 2.05) is 29.2 Å². The zero-order valence-corrected chi connectivity index (χ0v) is 17.7. The Kier molecular flexibility index (Phi) is 5.55. The molecule has 0 N–H and O–H groups in total. The van der Waals surface area contributed by atoms with E-state index in [1.165, 1.54) is 11.8 Å². The number of para-hydroxylation sites is 2. The Balaban J connectivity index is 1.14. The third-order valence-corrected chi connectivity index (χ3v) is 6.45. The molecule has 5 rings (SSSR count). The normalized spacial score (nSPS) is 16.5. The summed E-state index contributed by atoms with van der Waals surface area (Å²) in [6.07, 6.45) is 1.32. The Labute approximate surface area is 183 Å². The van der Waals surface area contributed by atoms with E-state index in [1.54, 1.807) is 18.2 Å². The Hall–Kier alpha value is -3.00. The van der Waals surface area contributed by atoms with Crippen molar-refractivity contribution in [1.82, 2.24) is 9.88 Å². The standard InChI is InChI=1S/C23H22N2O5S/c26-21(14-31-23-24-17-3-1-2-4-18(17)30-23)25-9-7-15(8-10-25)22(27)16-5-6-19-20(13-16)29-12-11-28-19/h1-6,13,15H,7-12,14H2. The molecule has 0 radical (unpaired) electrons. The van der Waals surface area contributed by atoms with Gasteiger partial charge < -0.3 is 18.8 Å². The van der Waals surface area contributed by atoms with Crippen LogP contribution in [0.25, 0.3) is 11.1 Å². The Morgan fingerprint density at radius 2 is 1.81 bits per heavy atom. The van der Waals surface area contributed by atoms with Crippen molar-refractivity contribution >= 4 is 34.6 Å². The molecule has 1 fully saturated rings. The van der Waals surface area contributed by atoms with Crippen molar-refractivity contribution in [3.05, 3.63) is 48.0 Å². The number of rotatable bonds is 5. The first kappa shape index (κ1) is 19.9. The number of Topliss-reactive ketones (excluding diaryl/α,β-unsaturated/α-hetero) is 1. The van der Waals surface area contributed by atoms with Gasteiger partial charge in [0.1, 0.15) is 18.7 Å². The van der Waals surface area contributed by atoms with Crippen LogP contribution in [0.3, 0.4) is 0 Å². The molecule has 0 aliphatic carbocycles. The fraction of sp³-hybridized carbons (Fsp3) is 0.348. The second-order valence-electron chi connectivity index (χ2n) is 7.61. The highest BCUT2D eigenvalue weighted by Gasteiger charge is 2.29. The smallest absolute Gasteiger partial charge is 0.257 e. The first-order valence-corrected chi connectivity index (χ1v) is 11.4. The van der Waals surface area contributed by atoms with Gasteiger partial charge in [-0.15, -0.1) is 0 Å². The molecule has 3 aromatic rings. The maximum atomic E-state index is 12.9. The SMILES string of the molecule is O=C(c1ccc2c(c1)OCCO2)C1CCN(C(=O)CSc2nc3ccccc3o2)CC1. The number of carbonyl (C=O) groups is 2. The maximum absolute atomic E-state index is 12.9. The molecule has 1 saturated heterocycles. The van der Waals surface area contributed by atoms with Gasteiger partial charge in [-0.3, -0.25) is 9.59 Å². The minimum Gasteiger partial charge on any atom is -0.486 e. The molecular formula is C23H22N2O5S. The summed E-state index contributed by atoms with van der Waals surface area (Å²) >= 11 is 1.30. The molecule has 1 amide bonds. The molecule has 31 heavy (non-hydrogen) atoms. The molecule has 8 heteroatoms. The van der Waals surface area contributed by atoms with Gasteiger partial charge in [-0.25, -0.2) is 4.98 Å². The number of piperidine rings is 1. The summed E-state index contributed by atoms with van der Waals surface area (Å²) in [6, 6.07) is 12.9. The zero-order valence-electron chi connectivity index (χ0n) is 16.9. The second kappa shape index (κ2) is 8.63. The van der Waals surface area contributed by atoms with Gasteiger partial charge in [-0.05, 0) is 43.2 Å². The van der Waals surface area contributed by atoms with Crippen molar-refractivity contribution in [3.63, 3.8) is 0 Å². The number of carbonyl (C=O) groups excluding carboxylic acids is 2. The molecule has 2 aliphatic rings. The van der Waals surface area contributed by atoms with E-state index in [-0.39, 0.29) is 23.4 Å². The van der Waals surface area contributed by atoms with E-state index in [0.717, 1.165) is 11.1 Å². The van der Waals surface area contributed by atoms with E-state index in [2.05, 4.69) is 4.98 Å². The molecule has 160 valence electrons. The number of fused-ring (bicyclic) bond motifs is 2. The Morgan fingerprint density at radius 3 is 2.61 bits per heavy atom. The van der Waals surface area contributed by atoms with Gasteiger partial charge in [0, 0.05) is 24.6 Å². The van der Waals surface area contributed by atoms with Gasteiger partial charge in [-0.2, -0.15) is 0 Å². The summed E-state index contributed by atoms with van der Waals surface area (Å²) in [5.41, 5.74) is 2.15. The Bertz CT molecular complexity index is 1090. The van der Waals surface area contributed by atoms with Crippen molar-refractivity contribution in [3.8, 4) is 11.5 Å². The second-order valence-corrected chi connectivity index (χ2v) is 8.54. The van der Waals surface area contributed by atoms with Crippen LogP contribution < -0.4 is 9.47 Å². The third kappa shape index (κ3) is 4.25. The van der Waals surface area contributed by atoms with Gasteiger partial charge in [0.2, 0.25) is 5.91 Å². The van der Waals surface area contributed by atoms with E-state index in [9.17, 15) is 9.59 Å². The van der Waals surface area contributed by atoms with Crippen LogP contribution in [0.5, 0.6) is 11.5 Å². The first-order valence-electron chi connectivity index (χ1n) is 10.4. The predicted molar refractivity (Wildman–Crippen MR) is 116 cm³/mol. The number of likely N-dealkylation sites (tertiary alicyclic amines) is 1. The largest absolute Gasteiger partial charge is 0.486 e. The number of hydrogen-bond donors (Lipinski definition) is 0. The number of thioether (sulfide) groups is 1. The fourth-order valence-electron chi connectivity index (χ4n) is 3.95. The summed E-state index contributed by atoms with van der Waals surface area (Å²) < 4.78 is 16.8. The summed E-state index contributed by atoms with van der Waals surface area (Å²) in [4.78, 5) is 31.8. The average molecular weight is 439 g/mol. The van der Waals surface area contributed by atoms with Crippen molar-refractivity contribution in [2.24, 2.45) is 5.92 Å². The number of nitrogens with zero attached hydrogens (tertiary/aromatic N) is 2. The molecule has 7 nitrogen and oxygen atoms in total. The molecule has 0 unspecified atom stereocenters. The highest BCUT2D eigenvalue weighted by atomic mass is 32.2. The number of benzene rings is 2. The van der Waals surface area contributed by atoms with E-state index in [4.69, 9.17) is 13.9 Å². The van der Waals surface area contributed by atoms with Gasteiger partial charge in [-0.1, -0.05) is 23.9 Å². The van der Waals surface area contributed by atoms with Gasteiger partial charge in [0.05, 0.1) is 5.75 Å². The lowest BCUT2D eigenvalue weighted by Crippen LogP contribution is -2.41. The minimum absolute atomic E-state index is 0.0393. The van der Waals surface area contributed by atoms with Gasteiger partial charge in [0.15, 0.2) is 22.9 Å². The lowest BCUT2D eigenvalue weighted by molar-refractivity contribution is -0.129. The zero-order chi connectivity index (χ0) is 21.2. The molecule has 1 aromatic heterocycles. The van der Waals surface area contributed by atoms with Crippen molar-refractivity contribution in [2.45, 2.75) is 18.1 Å². The average Bonchev–Trinajstić information content (AvgIpc) is 3.25. The summed E-state index contributed by atoms with van der Waals surface area (Å²) in [6.45, 7) is 2.17.